The largest absolute Gasteiger partial charge is 0.291 e. The van der Waals surface area contributed by atoms with Crippen LogP contribution < -0.4 is 0 Å². The van der Waals surface area contributed by atoms with Crippen LogP contribution in [0.1, 0.15) is 49.3 Å². The minimum absolute atomic E-state index is 0.308. The van der Waals surface area contributed by atoms with Crippen molar-refractivity contribution < 1.29 is 0 Å². The number of rotatable bonds is 3. The first-order chi connectivity index (χ1) is 15.6. The minimum atomic E-state index is 0.308. The van der Waals surface area contributed by atoms with Crippen LogP contribution in [-0.2, 0) is 0 Å². The second-order valence-electron chi connectivity index (χ2n) is 9.10. The van der Waals surface area contributed by atoms with Crippen molar-refractivity contribution in [3.8, 4) is 28.2 Å². The number of fused-ring (bicyclic) bond motifs is 2. The van der Waals surface area contributed by atoms with Crippen LogP contribution in [0.15, 0.2) is 91.0 Å². The summed E-state index contributed by atoms with van der Waals surface area (Å²) in [6.07, 6.45) is 0. The van der Waals surface area contributed by atoms with Gasteiger partial charge in [-0.05, 0) is 51.9 Å². The van der Waals surface area contributed by atoms with Gasteiger partial charge >= 0.3 is 0 Å². The van der Waals surface area contributed by atoms with E-state index in [0.29, 0.717) is 11.8 Å². The maximum absolute atomic E-state index is 5.13. The SMILES string of the molecule is CC(C)c1cc(-c2ccccc2)cc2c1-n1c(-c3ccccc3)nc3cccc(c31)C2C. The van der Waals surface area contributed by atoms with Gasteiger partial charge in [-0.25, -0.2) is 4.98 Å². The van der Waals surface area contributed by atoms with Gasteiger partial charge in [-0.2, -0.15) is 0 Å². The van der Waals surface area contributed by atoms with E-state index in [4.69, 9.17) is 4.98 Å². The molecule has 4 aromatic carbocycles. The van der Waals surface area contributed by atoms with Crippen molar-refractivity contribution in [1.82, 2.24) is 9.55 Å². The molecule has 32 heavy (non-hydrogen) atoms. The number of aromatic nitrogens is 2. The van der Waals surface area contributed by atoms with Gasteiger partial charge in [0.1, 0.15) is 5.82 Å². The van der Waals surface area contributed by atoms with E-state index in [1.165, 1.54) is 39.0 Å². The quantitative estimate of drug-likeness (QED) is 0.293. The van der Waals surface area contributed by atoms with E-state index in [9.17, 15) is 0 Å². The summed E-state index contributed by atoms with van der Waals surface area (Å²) >= 11 is 0. The molecule has 5 aromatic rings. The van der Waals surface area contributed by atoms with Gasteiger partial charge < -0.3 is 0 Å². The lowest BCUT2D eigenvalue weighted by Gasteiger charge is -2.30. The van der Waals surface area contributed by atoms with E-state index >= 15 is 0 Å². The highest BCUT2D eigenvalue weighted by Gasteiger charge is 2.30. The molecular weight excluding hydrogens is 388 g/mol. The number of nitrogens with zero attached hydrogens (tertiary/aromatic N) is 2. The Morgan fingerprint density at radius 2 is 1.41 bits per heavy atom. The molecule has 0 aliphatic carbocycles. The van der Waals surface area contributed by atoms with Crippen molar-refractivity contribution in [3.05, 3.63) is 108 Å². The Balaban J connectivity index is 1.74. The summed E-state index contributed by atoms with van der Waals surface area (Å²) in [5.41, 5.74) is 11.4. The molecule has 0 radical (unpaired) electrons. The summed E-state index contributed by atoms with van der Waals surface area (Å²) in [5.74, 6) is 1.73. The minimum Gasteiger partial charge on any atom is -0.291 e. The lowest BCUT2D eigenvalue weighted by Crippen LogP contribution is -2.16. The molecule has 6 rings (SSSR count). The smallest absolute Gasteiger partial charge is 0.145 e. The summed E-state index contributed by atoms with van der Waals surface area (Å²) in [6, 6.07) is 32.7. The molecule has 2 heterocycles. The lowest BCUT2D eigenvalue weighted by atomic mass is 9.82. The Labute approximate surface area is 189 Å². The highest BCUT2D eigenvalue weighted by atomic mass is 15.1. The third kappa shape index (κ3) is 2.76. The van der Waals surface area contributed by atoms with E-state index < -0.39 is 0 Å². The van der Waals surface area contributed by atoms with E-state index in [-0.39, 0.29) is 0 Å². The highest BCUT2D eigenvalue weighted by molar-refractivity contribution is 5.90. The molecule has 1 aliphatic rings. The van der Waals surface area contributed by atoms with E-state index in [1.807, 2.05) is 0 Å². The predicted octanol–water partition coefficient (Wildman–Crippen LogP) is 7.95. The van der Waals surface area contributed by atoms with Crippen LogP contribution >= 0.6 is 0 Å². The number of para-hydroxylation sites is 1. The van der Waals surface area contributed by atoms with Crippen LogP contribution in [0.5, 0.6) is 0 Å². The monoisotopic (exact) mass is 414 g/mol. The molecule has 0 saturated heterocycles. The number of benzene rings is 4. The number of hydrogen-bond donors (Lipinski definition) is 0. The van der Waals surface area contributed by atoms with Crippen molar-refractivity contribution in [2.24, 2.45) is 0 Å². The summed E-state index contributed by atoms with van der Waals surface area (Å²) < 4.78 is 2.43. The maximum atomic E-state index is 5.13. The van der Waals surface area contributed by atoms with Crippen LogP contribution in [0.4, 0.5) is 0 Å². The van der Waals surface area contributed by atoms with Gasteiger partial charge in [-0.15, -0.1) is 0 Å². The summed E-state index contributed by atoms with van der Waals surface area (Å²) in [4.78, 5) is 5.13. The summed E-state index contributed by atoms with van der Waals surface area (Å²) in [5, 5.41) is 0. The standard InChI is InChI=1S/C30H26N2/c1-19(2)25-17-23(21-11-6-4-7-12-21)18-26-20(3)24-15-10-16-27-29(24)32(28(25)26)30(31-27)22-13-8-5-9-14-22/h4-20H,1-3H3. The molecule has 0 fully saturated rings. The molecule has 2 heteroatoms. The maximum Gasteiger partial charge on any atom is 0.145 e. The first-order valence-electron chi connectivity index (χ1n) is 11.4. The second kappa shape index (κ2) is 7.20. The van der Waals surface area contributed by atoms with Crippen molar-refractivity contribution in [3.63, 3.8) is 0 Å². The molecule has 0 saturated carbocycles. The first-order valence-corrected chi connectivity index (χ1v) is 11.4. The Bertz CT molecular complexity index is 1440. The van der Waals surface area contributed by atoms with Crippen molar-refractivity contribution in [2.45, 2.75) is 32.6 Å². The molecule has 0 spiro atoms. The van der Waals surface area contributed by atoms with E-state index in [1.54, 1.807) is 0 Å². The molecule has 156 valence electrons. The molecule has 0 bridgehead atoms. The van der Waals surface area contributed by atoms with E-state index in [0.717, 1.165) is 16.9 Å². The van der Waals surface area contributed by atoms with Crippen molar-refractivity contribution in [1.29, 1.82) is 0 Å². The van der Waals surface area contributed by atoms with Crippen LogP contribution in [0.3, 0.4) is 0 Å². The second-order valence-corrected chi connectivity index (χ2v) is 9.10. The van der Waals surface area contributed by atoms with Crippen LogP contribution in [0.2, 0.25) is 0 Å². The van der Waals surface area contributed by atoms with Gasteiger partial charge in [-0.1, -0.05) is 93.6 Å². The fraction of sp³-hybridized carbons (Fsp3) is 0.167. The molecule has 2 nitrogen and oxygen atoms in total. The topological polar surface area (TPSA) is 17.8 Å². The fourth-order valence-corrected chi connectivity index (χ4v) is 5.17. The zero-order valence-electron chi connectivity index (χ0n) is 18.7. The van der Waals surface area contributed by atoms with Gasteiger partial charge in [0.2, 0.25) is 0 Å². The number of hydrogen-bond acceptors (Lipinski definition) is 1. The van der Waals surface area contributed by atoms with Crippen LogP contribution in [0.25, 0.3) is 39.2 Å². The summed E-state index contributed by atoms with van der Waals surface area (Å²) in [7, 11) is 0. The van der Waals surface area contributed by atoms with Crippen LogP contribution in [0, 0.1) is 0 Å². The Morgan fingerprint density at radius 3 is 2.09 bits per heavy atom. The van der Waals surface area contributed by atoms with Crippen LogP contribution in [-0.4, -0.2) is 9.55 Å². The molecule has 0 N–H and O–H groups in total. The van der Waals surface area contributed by atoms with Gasteiger partial charge in [0, 0.05) is 11.5 Å². The predicted molar refractivity (Wildman–Crippen MR) is 134 cm³/mol. The first kappa shape index (κ1) is 19.1. The zero-order valence-corrected chi connectivity index (χ0v) is 18.7. The normalized spacial score (nSPS) is 14.7. The molecule has 1 atom stereocenters. The average molecular weight is 415 g/mol. The van der Waals surface area contributed by atoms with Crippen molar-refractivity contribution >= 4 is 11.0 Å². The molecular formula is C30H26N2. The molecule has 1 aliphatic heterocycles. The average Bonchev–Trinajstić information content (AvgIpc) is 3.23. The molecule has 1 aromatic heterocycles. The van der Waals surface area contributed by atoms with Gasteiger partial charge in [0.05, 0.1) is 16.7 Å². The summed E-state index contributed by atoms with van der Waals surface area (Å²) in [6.45, 7) is 6.93. The third-order valence-electron chi connectivity index (χ3n) is 6.79. The van der Waals surface area contributed by atoms with Gasteiger partial charge in [-0.3, -0.25) is 4.57 Å². The highest BCUT2D eigenvalue weighted by Crippen LogP contribution is 2.46. The Kier molecular flexibility index (Phi) is 4.29. The van der Waals surface area contributed by atoms with Gasteiger partial charge in [0.15, 0.2) is 0 Å². The van der Waals surface area contributed by atoms with Gasteiger partial charge in [0.25, 0.3) is 0 Å². The number of imidazole rings is 1. The van der Waals surface area contributed by atoms with Crippen molar-refractivity contribution in [2.75, 3.05) is 0 Å². The fourth-order valence-electron chi connectivity index (χ4n) is 5.17. The molecule has 1 unspecified atom stereocenters. The Morgan fingerprint density at radius 1 is 0.719 bits per heavy atom. The zero-order chi connectivity index (χ0) is 21.8. The third-order valence-corrected chi connectivity index (χ3v) is 6.79. The molecule has 0 amide bonds. The Hall–Kier alpha value is -3.65. The van der Waals surface area contributed by atoms with E-state index in [2.05, 4.69) is 116 Å². The lowest BCUT2D eigenvalue weighted by molar-refractivity contribution is 0.814.